The highest BCUT2D eigenvalue weighted by Gasteiger charge is 2.35. The molecule has 6 aromatic carbocycles. The zero-order chi connectivity index (χ0) is 36.9. The molecule has 9 aromatic rings. The average molecular weight is 712 g/mol. The van der Waals surface area contributed by atoms with Crippen molar-refractivity contribution in [3.63, 3.8) is 0 Å². The van der Waals surface area contributed by atoms with Gasteiger partial charge in [-0.1, -0.05) is 125 Å². The Morgan fingerprint density at radius 3 is 2.02 bits per heavy atom. The van der Waals surface area contributed by atoms with Crippen LogP contribution in [0.4, 0.5) is 0 Å². The van der Waals surface area contributed by atoms with Crippen LogP contribution < -0.4 is 9.75 Å². The number of aromatic nitrogens is 2. The fourth-order valence-electron chi connectivity index (χ4n) is 8.49. The zero-order valence-corrected chi connectivity index (χ0v) is 33.3. The summed E-state index contributed by atoms with van der Waals surface area (Å²) in [5.74, 6) is 1.55. The molecule has 9 rings (SSSR count). The van der Waals surface area contributed by atoms with E-state index < -0.39 is 8.07 Å². The van der Waals surface area contributed by atoms with E-state index in [4.69, 9.17) is 8.83 Å². The lowest BCUT2D eigenvalue weighted by molar-refractivity contribution is -0.633. The summed E-state index contributed by atoms with van der Waals surface area (Å²) in [6.07, 6.45) is 0. The van der Waals surface area contributed by atoms with Crippen molar-refractivity contribution in [3.8, 4) is 28.2 Å². The van der Waals surface area contributed by atoms with Crippen LogP contribution >= 0.6 is 0 Å². The summed E-state index contributed by atoms with van der Waals surface area (Å²) in [5, 5.41) is 6.05. The lowest BCUT2D eigenvalue weighted by Crippen LogP contribution is -2.37. The number of hydrogen-bond donors (Lipinski definition) is 0. The summed E-state index contributed by atoms with van der Waals surface area (Å²) in [4.78, 5) is 0. The molecule has 0 saturated carbocycles. The van der Waals surface area contributed by atoms with Crippen molar-refractivity contribution in [2.45, 2.75) is 66.1 Å². The van der Waals surface area contributed by atoms with E-state index in [1.165, 1.54) is 43.9 Å². The van der Waals surface area contributed by atoms with Gasteiger partial charge in [0.05, 0.1) is 15.1 Å². The van der Waals surface area contributed by atoms with E-state index >= 15 is 0 Å². The summed E-state index contributed by atoms with van der Waals surface area (Å²) in [7, 11) is 0.662. The largest absolute Gasteiger partial charge is 0.456 e. The lowest BCUT2D eigenvalue weighted by atomic mass is 9.89. The van der Waals surface area contributed by atoms with Crippen LogP contribution in [0.5, 0.6) is 0 Å². The average Bonchev–Trinajstić information content (AvgIpc) is 3.79. The third-order valence-electron chi connectivity index (χ3n) is 11.3. The van der Waals surface area contributed by atoms with Gasteiger partial charge in [0.15, 0.2) is 16.6 Å². The number of aryl methyl sites for hydroxylation is 2. The number of para-hydroxylation sites is 2. The van der Waals surface area contributed by atoms with Crippen LogP contribution in [-0.4, -0.2) is 12.6 Å². The minimum Gasteiger partial charge on any atom is -0.456 e. The molecule has 5 heteroatoms. The molecule has 53 heavy (non-hydrogen) atoms. The van der Waals surface area contributed by atoms with Crippen molar-refractivity contribution in [2.24, 2.45) is 7.05 Å². The van der Waals surface area contributed by atoms with Gasteiger partial charge in [-0.05, 0) is 71.8 Å². The Kier molecular flexibility index (Phi) is 7.62. The second-order valence-electron chi connectivity index (χ2n) is 16.5. The molecule has 3 aromatic heterocycles. The van der Waals surface area contributed by atoms with Gasteiger partial charge in [0.2, 0.25) is 0 Å². The molecule has 0 radical (unpaired) electrons. The molecule has 0 aliphatic rings. The Morgan fingerprint density at radius 1 is 0.623 bits per heavy atom. The van der Waals surface area contributed by atoms with Gasteiger partial charge in [-0.25, -0.2) is 4.57 Å². The molecule has 0 unspecified atom stereocenters. The van der Waals surface area contributed by atoms with Crippen LogP contribution in [0.15, 0.2) is 118 Å². The first kappa shape index (κ1) is 33.4. The lowest BCUT2D eigenvalue weighted by Gasteiger charge is -2.19. The van der Waals surface area contributed by atoms with Gasteiger partial charge in [-0.15, -0.1) is 0 Å². The third-order valence-corrected chi connectivity index (χ3v) is 13.3. The normalized spacial score (nSPS) is 12.6. The maximum Gasteiger partial charge on any atom is 0.299 e. The van der Waals surface area contributed by atoms with Crippen LogP contribution in [0, 0.1) is 6.92 Å². The van der Waals surface area contributed by atoms with Crippen molar-refractivity contribution in [3.05, 3.63) is 126 Å². The molecule has 264 valence electrons. The predicted octanol–water partition coefficient (Wildman–Crippen LogP) is 12.7. The van der Waals surface area contributed by atoms with E-state index in [2.05, 4.69) is 180 Å². The summed E-state index contributed by atoms with van der Waals surface area (Å²) >= 11 is 0. The Hall–Kier alpha value is -5.39. The first-order chi connectivity index (χ1) is 25.4. The molecule has 0 aliphatic heterocycles. The van der Waals surface area contributed by atoms with Crippen LogP contribution in [0.1, 0.15) is 56.2 Å². The Balaban J connectivity index is 1.40. The van der Waals surface area contributed by atoms with Crippen molar-refractivity contribution < 1.29 is 13.4 Å². The van der Waals surface area contributed by atoms with E-state index in [0.29, 0.717) is 0 Å². The summed E-state index contributed by atoms with van der Waals surface area (Å²) < 4.78 is 18.9. The smallest absolute Gasteiger partial charge is 0.299 e. The van der Waals surface area contributed by atoms with Gasteiger partial charge in [-0.2, -0.15) is 4.57 Å². The number of benzene rings is 6. The minimum atomic E-state index is -1.54. The molecule has 4 nitrogen and oxygen atoms in total. The summed E-state index contributed by atoms with van der Waals surface area (Å²) in [6, 6.07) is 39.8. The molecule has 0 fully saturated rings. The highest BCUT2D eigenvalue weighted by atomic mass is 28.3. The summed E-state index contributed by atoms with van der Waals surface area (Å²) in [5.41, 5.74) is 14.4. The van der Waals surface area contributed by atoms with Crippen molar-refractivity contribution in [2.75, 3.05) is 0 Å². The molecule has 0 bridgehead atoms. The zero-order valence-electron chi connectivity index (χ0n) is 32.3. The van der Waals surface area contributed by atoms with Crippen LogP contribution in [-0.2, 0) is 7.05 Å². The number of fused-ring (bicyclic) bond motifs is 7. The fraction of sp³-hybridized carbons (Fsp3) is 0.229. The van der Waals surface area contributed by atoms with Crippen molar-refractivity contribution in [1.82, 2.24) is 4.57 Å². The second kappa shape index (κ2) is 12.1. The van der Waals surface area contributed by atoms with Gasteiger partial charge < -0.3 is 8.83 Å². The minimum absolute atomic E-state index is 0.196. The van der Waals surface area contributed by atoms with Gasteiger partial charge in [0.25, 0.3) is 5.82 Å². The van der Waals surface area contributed by atoms with Crippen LogP contribution in [0.25, 0.3) is 83.1 Å². The second-order valence-corrected chi connectivity index (χ2v) is 21.6. The number of nitrogens with zero attached hydrogens (tertiary/aromatic N) is 2. The number of imidazole rings is 1. The Morgan fingerprint density at radius 2 is 1.28 bits per heavy atom. The molecule has 0 N–H and O–H groups in total. The van der Waals surface area contributed by atoms with Gasteiger partial charge in [0.1, 0.15) is 28.0 Å². The maximum absolute atomic E-state index is 7.01. The molecular weight excluding hydrogens is 665 g/mol. The highest BCUT2D eigenvalue weighted by Crippen LogP contribution is 2.46. The first-order valence-corrected chi connectivity index (χ1v) is 22.5. The molecule has 0 spiro atoms. The van der Waals surface area contributed by atoms with Crippen molar-refractivity contribution >= 4 is 68.2 Å². The van der Waals surface area contributed by atoms with E-state index in [1.807, 2.05) is 0 Å². The molecule has 3 heterocycles. The molecule has 0 aliphatic carbocycles. The number of rotatable bonds is 6. The Bertz CT molecular complexity index is 2900. The third kappa shape index (κ3) is 5.12. The quantitative estimate of drug-likeness (QED) is 0.127. The topological polar surface area (TPSA) is 35.1 Å². The van der Waals surface area contributed by atoms with E-state index in [-0.39, 0.29) is 11.8 Å². The standard InChI is InChI=1S/C48H47N2O2Si/c1-28(2)37-27-38-35-24-21-33(53(7,8)9)26-42(35)52-47(38)43(29(3)4)45(37)50-40-18-14-13-17-39(40)49(6)48(50)44-30(5)19-22-36-34-23-20-32(25-41(34)51-46(36)44)31-15-11-10-12-16-31/h10-29H,1-9H3/q+1. The van der Waals surface area contributed by atoms with Crippen LogP contribution in [0.2, 0.25) is 19.6 Å². The monoisotopic (exact) mass is 711 g/mol. The van der Waals surface area contributed by atoms with Gasteiger partial charge >= 0.3 is 0 Å². The number of furan rings is 2. The van der Waals surface area contributed by atoms with Crippen molar-refractivity contribution in [1.29, 1.82) is 0 Å². The van der Waals surface area contributed by atoms with Crippen LogP contribution in [0.3, 0.4) is 0 Å². The molecule has 0 atom stereocenters. The maximum atomic E-state index is 7.01. The molecule has 0 amide bonds. The van der Waals surface area contributed by atoms with E-state index in [9.17, 15) is 0 Å². The van der Waals surface area contributed by atoms with Gasteiger partial charge in [-0.3, -0.25) is 0 Å². The predicted molar refractivity (Wildman–Crippen MR) is 226 cm³/mol. The van der Waals surface area contributed by atoms with Gasteiger partial charge in [0, 0.05) is 32.7 Å². The first-order valence-electron chi connectivity index (χ1n) is 19.0. The fourth-order valence-corrected chi connectivity index (χ4v) is 9.63. The molecular formula is C48H47N2O2Si+. The molecule has 0 saturated heterocycles. The Labute approximate surface area is 312 Å². The van der Waals surface area contributed by atoms with E-state index in [1.54, 1.807) is 0 Å². The number of hydrogen-bond acceptors (Lipinski definition) is 2. The SMILES string of the molecule is Cc1ccc2c(oc3cc(-c4ccccc4)ccc32)c1-c1n(-c2c(C(C)C)cc3c(oc4cc([Si](C)(C)C)ccc43)c2C(C)C)c2ccccc2[n+]1C. The van der Waals surface area contributed by atoms with E-state index in [0.717, 1.165) is 61.1 Å². The highest BCUT2D eigenvalue weighted by molar-refractivity contribution is 6.88. The summed E-state index contributed by atoms with van der Waals surface area (Å²) in [6.45, 7) is 18.7.